The van der Waals surface area contributed by atoms with Crippen LogP contribution in [-0.4, -0.2) is 25.6 Å². The van der Waals surface area contributed by atoms with Gasteiger partial charge < -0.3 is 14.4 Å². The van der Waals surface area contributed by atoms with Crippen LogP contribution in [-0.2, 0) is 17.9 Å². The summed E-state index contributed by atoms with van der Waals surface area (Å²) in [6.45, 7) is 3.01. The van der Waals surface area contributed by atoms with Crippen molar-refractivity contribution in [2.75, 3.05) is 0 Å². The molecule has 1 fully saturated rings. The van der Waals surface area contributed by atoms with Gasteiger partial charge >= 0.3 is 5.97 Å². The second kappa shape index (κ2) is 10.2. The maximum Gasteiger partial charge on any atom is 0.307 e. The molecule has 4 aromatic rings. The summed E-state index contributed by atoms with van der Waals surface area (Å²) < 4.78 is 9.28. The molecular formula is C28H28BrN3O3. The molecule has 0 bridgehead atoms. The van der Waals surface area contributed by atoms with Gasteiger partial charge in [0, 0.05) is 29.2 Å². The van der Waals surface area contributed by atoms with Crippen molar-refractivity contribution in [3.05, 3.63) is 87.9 Å². The topological polar surface area (TPSA) is 77.2 Å². The van der Waals surface area contributed by atoms with E-state index < -0.39 is 11.9 Å². The third-order valence-corrected chi connectivity index (χ3v) is 7.31. The first-order valence-corrected chi connectivity index (χ1v) is 12.8. The predicted molar refractivity (Wildman–Crippen MR) is 139 cm³/mol. The Morgan fingerprint density at radius 3 is 2.66 bits per heavy atom. The van der Waals surface area contributed by atoms with Gasteiger partial charge in [-0.1, -0.05) is 47.0 Å². The molecule has 2 heterocycles. The largest absolute Gasteiger partial charge is 0.487 e. The Balaban J connectivity index is 1.52. The van der Waals surface area contributed by atoms with Crippen LogP contribution in [0.5, 0.6) is 5.75 Å². The molecule has 5 rings (SSSR count). The molecular weight excluding hydrogens is 506 g/mol. The van der Waals surface area contributed by atoms with Gasteiger partial charge in [-0.25, -0.2) is 4.98 Å². The first kappa shape index (κ1) is 23.5. The molecule has 0 unspecified atom stereocenters. The Labute approximate surface area is 213 Å². The highest BCUT2D eigenvalue weighted by atomic mass is 79.9. The number of aliphatic carboxylic acids is 1. The molecule has 0 saturated heterocycles. The minimum absolute atomic E-state index is 0.106. The lowest BCUT2D eigenvalue weighted by atomic mass is 9.78. The van der Waals surface area contributed by atoms with Crippen molar-refractivity contribution in [2.45, 2.75) is 51.7 Å². The molecule has 0 aliphatic heterocycles. The van der Waals surface area contributed by atoms with E-state index >= 15 is 0 Å². The van der Waals surface area contributed by atoms with Gasteiger partial charge in [0.15, 0.2) is 0 Å². The van der Waals surface area contributed by atoms with Crippen LogP contribution < -0.4 is 4.74 Å². The van der Waals surface area contributed by atoms with E-state index in [1.807, 2.05) is 55.6 Å². The van der Waals surface area contributed by atoms with Crippen molar-refractivity contribution in [3.63, 3.8) is 0 Å². The Morgan fingerprint density at radius 1 is 1.11 bits per heavy atom. The average Bonchev–Trinajstić information content (AvgIpc) is 3.22. The maximum atomic E-state index is 12.1. The summed E-state index contributed by atoms with van der Waals surface area (Å²) in [5.41, 5.74) is 4.92. The van der Waals surface area contributed by atoms with Crippen molar-refractivity contribution in [1.29, 1.82) is 0 Å². The number of carboxylic acid groups (broad SMARTS) is 1. The van der Waals surface area contributed by atoms with E-state index in [1.54, 1.807) is 0 Å². The molecule has 1 saturated carbocycles. The number of hydrogen-bond acceptors (Lipinski definition) is 4. The number of ether oxygens (including phenoxy) is 1. The number of fused-ring (bicyclic) bond motifs is 1. The number of carbonyl (C=O) groups is 1. The van der Waals surface area contributed by atoms with E-state index in [0.29, 0.717) is 19.6 Å². The van der Waals surface area contributed by atoms with E-state index in [9.17, 15) is 9.90 Å². The van der Waals surface area contributed by atoms with Crippen molar-refractivity contribution >= 4 is 32.9 Å². The molecule has 2 aromatic heterocycles. The summed E-state index contributed by atoms with van der Waals surface area (Å²) in [7, 11) is 0. The number of benzene rings is 2. The Kier molecular flexibility index (Phi) is 6.86. The van der Waals surface area contributed by atoms with E-state index in [2.05, 4.69) is 37.6 Å². The van der Waals surface area contributed by atoms with E-state index in [-0.39, 0.29) is 5.92 Å². The lowest BCUT2D eigenvalue weighted by molar-refractivity contribution is -0.143. The van der Waals surface area contributed by atoms with Gasteiger partial charge in [0.1, 0.15) is 18.2 Å². The SMILES string of the molecule is Cc1ccc(COc2ccc3nc([C@@H]4CCCC[C@@H]4C(=O)O)n(Cc4ccc(Br)cc4)c3c2)nc1. The molecule has 0 radical (unpaired) electrons. The third kappa shape index (κ3) is 5.25. The fourth-order valence-electron chi connectivity index (χ4n) is 4.91. The molecule has 35 heavy (non-hydrogen) atoms. The third-order valence-electron chi connectivity index (χ3n) is 6.78. The fraction of sp³-hybridized carbons (Fsp3) is 0.321. The number of carboxylic acids is 1. The summed E-state index contributed by atoms with van der Waals surface area (Å²) in [5.74, 6) is 0.346. The molecule has 6 nitrogen and oxygen atoms in total. The first-order chi connectivity index (χ1) is 17.0. The van der Waals surface area contributed by atoms with Crippen LogP contribution in [0.1, 0.15) is 54.2 Å². The lowest BCUT2D eigenvalue weighted by Gasteiger charge is -2.28. The van der Waals surface area contributed by atoms with Crippen molar-refractivity contribution in [3.8, 4) is 5.75 Å². The number of nitrogens with zero attached hydrogens (tertiary/aromatic N) is 3. The van der Waals surface area contributed by atoms with Crippen LogP contribution in [0.4, 0.5) is 0 Å². The van der Waals surface area contributed by atoms with Gasteiger partial charge in [-0.05, 0) is 61.2 Å². The zero-order valence-electron chi connectivity index (χ0n) is 19.7. The average molecular weight is 534 g/mol. The Morgan fingerprint density at radius 2 is 1.91 bits per heavy atom. The molecule has 2 atom stereocenters. The second-order valence-corrected chi connectivity index (χ2v) is 10.2. The van der Waals surface area contributed by atoms with Crippen molar-refractivity contribution < 1.29 is 14.6 Å². The maximum absolute atomic E-state index is 12.1. The molecule has 180 valence electrons. The standard InChI is InChI=1S/C28H28BrN3O3/c1-18-6-11-21(30-15-18)17-35-22-12-13-25-26(14-22)32(16-19-7-9-20(29)10-8-19)27(31-25)23-4-2-3-5-24(23)28(33)34/h6-15,23-24H,2-5,16-17H2,1H3,(H,33,34)/t23-,24+/m1/s1. The van der Waals surface area contributed by atoms with Gasteiger partial charge in [0.25, 0.3) is 0 Å². The smallest absolute Gasteiger partial charge is 0.307 e. The first-order valence-electron chi connectivity index (χ1n) is 12.0. The molecule has 0 spiro atoms. The highest BCUT2D eigenvalue weighted by Crippen LogP contribution is 2.39. The molecule has 7 heteroatoms. The molecule has 1 aliphatic rings. The van der Waals surface area contributed by atoms with Crippen molar-refractivity contribution in [2.24, 2.45) is 5.92 Å². The monoisotopic (exact) mass is 533 g/mol. The number of aryl methyl sites for hydroxylation is 1. The number of halogens is 1. The van der Waals surface area contributed by atoms with E-state index in [1.165, 1.54) is 0 Å². The van der Waals surface area contributed by atoms with Gasteiger partial charge in [-0.2, -0.15) is 0 Å². The molecule has 0 amide bonds. The predicted octanol–water partition coefficient (Wildman–Crippen LogP) is 6.49. The zero-order valence-corrected chi connectivity index (χ0v) is 21.2. The quantitative estimate of drug-likeness (QED) is 0.293. The summed E-state index contributed by atoms with van der Waals surface area (Å²) in [4.78, 5) is 21.5. The molecule has 2 aromatic carbocycles. The Hall–Kier alpha value is -3.19. The van der Waals surface area contributed by atoms with Gasteiger partial charge in [-0.3, -0.25) is 9.78 Å². The summed E-state index contributed by atoms with van der Waals surface area (Å²) in [5, 5.41) is 9.93. The van der Waals surface area contributed by atoms with Crippen LogP contribution in [0.25, 0.3) is 11.0 Å². The van der Waals surface area contributed by atoms with E-state index in [0.717, 1.165) is 63.2 Å². The van der Waals surface area contributed by atoms with Crippen LogP contribution >= 0.6 is 15.9 Å². The highest BCUT2D eigenvalue weighted by molar-refractivity contribution is 9.10. The fourth-order valence-corrected chi connectivity index (χ4v) is 5.17. The lowest BCUT2D eigenvalue weighted by Crippen LogP contribution is -2.27. The number of aromatic nitrogens is 3. The van der Waals surface area contributed by atoms with Gasteiger partial charge in [0.2, 0.25) is 0 Å². The minimum Gasteiger partial charge on any atom is -0.487 e. The summed E-state index contributed by atoms with van der Waals surface area (Å²) in [6.07, 6.45) is 5.34. The van der Waals surface area contributed by atoms with E-state index in [4.69, 9.17) is 9.72 Å². The number of pyridine rings is 1. The minimum atomic E-state index is -0.730. The Bertz CT molecular complexity index is 1330. The van der Waals surface area contributed by atoms with Gasteiger partial charge in [0.05, 0.1) is 22.6 Å². The molecule has 1 aliphatic carbocycles. The van der Waals surface area contributed by atoms with Crippen LogP contribution in [0, 0.1) is 12.8 Å². The van der Waals surface area contributed by atoms with Crippen LogP contribution in [0.2, 0.25) is 0 Å². The number of imidazole rings is 1. The summed E-state index contributed by atoms with van der Waals surface area (Å²) >= 11 is 3.51. The highest BCUT2D eigenvalue weighted by Gasteiger charge is 2.35. The normalized spacial score (nSPS) is 18.0. The number of hydrogen-bond donors (Lipinski definition) is 1. The van der Waals surface area contributed by atoms with Gasteiger partial charge in [-0.15, -0.1) is 0 Å². The summed E-state index contributed by atoms with van der Waals surface area (Å²) in [6, 6.07) is 18.1. The molecule has 1 N–H and O–H groups in total. The van der Waals surface area contributed by atoms with Crippen LogP contribution in [0.3, 0.4) is 0 Å². The van der Waals surface area contributed by atoms with Crippen molar-refractivity contribution in [1.82, 2.24) is 14.5 Å². The number of rotatable bonds is 7. The second-order valence-electron chi connectivity index (χ2n) is 9.28. The van der Waals surface area contributed by atoms with Crippen LogP contribution in [0.15, 0.2) is 65.3 Å². The zero-order chi connectivity index (χ0) is 24.4.